The van der Waals surface area contributed by atoms with Crippen LogP contribution in [-0.4, -0.2) is 38.6 Å². The molecular formula is C17H22N4O3. The van der Waals surface area contributed by atoms with Crippen molar-refractivity contribution in [3.05, 3.63) is 40.4 Å². The first kappa shape index (κ1) is 15.2. The van der Waals surface area contributed by atoms with Crippen molar-refractivity contribution in [1.82, 2.24) is 19.6 Å². The van der Waals surface area contributed by atoms with Crippen LogP contribution in [0.1, 0.15) is 43.1 Å². The molecule has 7 nitrogen and oxygen atoms in total. The van der Waals surface area contributed by atoms with Gasteiger partial charge in [0.05, 0.1) is 6.33 Å². The van der Waals surface area contributed by atoms with Gasteiger partial charge in [0.2, 0.25) is 5.91 Å². The quantitative estimate of drug-likeness (QED) is 0.925. The Balaban J connectivity index is 1.30. The second kappa shape index (κ2) is 6.30. The maximum atomic E-state index is 12.6. The van der Waals surface area contributed by atoms with Gasteiger partial charge in [-0.05, 0) is 31.6 Å². The number of nitrogens with one attached hydrogen (secondary N) is 1. The van der Waals surface area contributed by atoms with E-state index in [9.17, 15) is 9.59 Å². The van der Waals surface area contributed by atoms with Gasteiger partial charge in [0.1, 0.15) is 5.76 Å². The first-order chi connectivity index (χ1) is 11.7. The summed E-state index contributed by atoms with van der Waals surface area (Å²) in [6, 6.07) is 1.52. The molecule has 0 saturated carbocycles. The van der Waals surface area contributed by atoms with Crippen LogP contribution in [0.4, 0.5) is 0 Å². The Labute approximate surface area is 139 Å². The Morgan fingerprint density at radius 3 is 2.88 bits per heavy atom. The van der Waals surface area contributed by atoms with Gasteiger partial charge in [-0.3, -0.25) is 9.59 Å². The lowest BCUT2D eigenvalue weighted by molar-refractivity contribution is -0.133. The molecule has 2 aromatic heterocycles. The van der Waals surface area contributed by atoms with E-state index in [-0.39, 0.29) is 17.4 Å². The molecule has 1 saturated heterocycles. The minimum absolute atomic E-state index is 0.194. The molecular weight excluding hydrogens is 308 g/mol. The molecule has 1 atom stereocenters. The molecule has 24 heavy (non-hydrogen) atoms. The van der Waals surface area contributed by atoms with Crippen molar-refractivity contribution in [2.24, 2.45) is 5.92 Å². The number of hydrogen-bond acceptors (Lipinski definition) is 4. The number of aryl methyl sites for hydroxylation is 1. The van der Waals surface area contributed by atoms with Crippen LogP contribution in [0.3, 0.4) is 0 Å². The molecule has 0 spiro atoms. The number of imidazole rings is 1. The summed E-state index contributed by atoms with van der Waals surface area (Å²) in [6.45, 7) is 2.44. The van der Waals surface area contributed by atoms with Gasteiger partial charge < -0.3 is 14.0 Å². The highest BCUT2D eigenvalue weighted by Crippen LogP contribution is 2.29. The highest BCUT2D eigenvalue weighted by molar-refractivity contribution is 5.76. The third-order valence-electron chi connectivity index (χ3n) is 5.33. The third-order valence-corrected chi connectivity index (χ3v) is 5.33. The molecule has 2 aliphatic rings. The highest BCUT2D eigenvalue weighted by atomic mass is 16.5. The highest BCUT2D eigenvalue weighted by Gasteiger charge is 2.28. The number of aromatic amines is 1. The number of fused-ring (bicyclic) bond motifs is 1. The second-order valence-electron chi connectivity index (χ2n) is 6.91. The van der Waals surface area contributed by atoms with E-state index in [4.69, 9.17) is 4.52 Å². The number of H-pyrrole nitrogens is 1. The molecule has 2 aromatic rings. The van der Waals surface area contributed by atoms with Crippen LogP contribution in [0.2, 0.25) is 0 Å². The van der Waals surface area contributed by atoms with Gasteiger partial charge in [0.15, 0.2) is 0 Å². The fraction of sp³-hybridized carbons (Fsp3) is 0.588. The third kappa shape index (κ3) is 3.02. The van der Waals surface area contributed by atoms with E-state index in [1.165, 1.54) is 11.8 Å². The molecule has 1 amide bonds. The predicted octanol–water partition coefficient (Wildman–Crippen LogP) is 1.52. The van der Waals surface area contributed by atoms with Gasteiger partial charge in [0, 0.05) is 49.9 Å². The molecule has 0 radical (unpaired) electrons. The van der Waals surface area contributed by atoms with E-state index in [1.807, 2.05) is 17.4 Å². The van der Waals surface area contributed by atoms with Crippen LogP contribution in [0.5, 0.6) is 0 Å². The van der Waals surface area contributed by atoms with Crippen LogP contribution in [0.15, 0.2) is 27.9 Å². The lowest BCUT2D eigenvalue weighted by Crippen LogP contribution is -2.39. The average molecular weight is 330 g/mol. The SMILES string of the molecule is O=C(CC1CCn2cncc2C1)N1CCC(c2cc(=O)[nH]o2)CC1. The van der Waals surface area contributed by atoms with E-state index in [2.05, 4.69) is 14.7 Å². The van der Waals surface area contributed by atoms with Gasteiger partial charge in [-0.1, -0.05) is 0 Å². The number of amides is 1. The maximum absolute atomic E-state index is 12.6. The molecule has 1 fully saturated rings. The van der Waals surface area contributed by atoms with Crippen molar-refractivity contribution in [3.8, 4) is 0 Å². The second-order valence-corrected chi connectivity index (χ2v) is 6.91. The lowest BCUT2D eigenvalue weighted by Gasteiger charge is -2.32. The number of piperidine rings is 1. The van der Waals surface area contributed by atoms with Gasteiger partial charge in [-0.25, -0.2) is 4.98 Å². The minimum Gasteiger partial charge on any atom is -0.383 e. The van der Waals surface area contributed by atoms with E-state index in [0.717, 1.165) is 45.3 Å². The number of aromatic nitrogens is 3. The molecule has 2 aliphatic heterocycles. The standard InChI is InChI=1S/C17H22N4O3/c22-16-9-15(24-19-16)13-2-5-20(6-3-13)17(23)8-12-1-4-21-11-18-10-14(21)7-12/h9-13H,1-8H2,(H,19,22). The van der Waals surface area contributed by atoms with Gasteiger partial charge >= 0.3 is 0 Å². The zero-order chi connectivity index (χ0) is 16.5. The first-order valence-corrected chi connectivity index (χ1v) is 8.64. The molecule has 0 bridgehead atoms. The summed E-state index contributed by atoms with van der Waals surface area (Å²) >= 11 is 0. The first-order valence-electron chi connectivity index (χ1n) is 8.64. The lowest BCUT2D eigenvalue weighted by atomic mass is 9.91. The Morgan fingerprint density at radius 2 is 2.12 bits per heavy atom. The molecule has 7 heteroatoms. The predicted molar refractivity (Wildman–Crippen MR) is 86.5 cm³/mol. The topological polar surface area (TPSA) is 84.1 Å². The normalized spacial score (nSPS) is 21.7. The summed E-state index contributed by atoms with van der Waals surface area (Å²) in [5.41, 5.74) is 1.04. The average Bonchev–Trinajstić information content (AvgIpc) is 3.23. The Kier molecular flexibility index (Phi) is 4.00. The monoisotopic (exact) mass is 330 g/mol. The summed E-state index contributed by atoms with van der Waals surface area (Å²) in [7, 11) is 0. The zero-order valence-electron chi connectivity index (χ0n) is 13.6. The molecule has 4 heterocycles. The van der Waals surface area contributed by atoms with Crippen molar-refractivity contribution in [2.45, 2.75) is 44.6 Å². The molecule has 0 aliphatic carbocycles. The van der Waals surface area contributed by atoms with Gasteiger partial charge in [0.25, 0.3) is 5.56 Å². The minimum atomic E-state index is -0.194. The van der Waals surface area contributed by atoms with Crippen molar-refractivity contribution in [1.29, 1.82) is 0 Å². The number of carbonyl (C=O) groups is 1. The van der Waals surface area contributed by atoms with Crippen molar-refractivity contribution in [3.63, 3.8) is 0 Å². The van der Waals surface area contributed by atoms with Crippen LogP contribution in [0.25, 0.3) is 0 Å². The molecule has 1 unspecified atom stereocenters. The van der Waals surface area contributed by atoms with Crippen molar-refractivity contribution < 1.29 is 9.32 Å². The number of rotatable bonds is 3. The largest absolute Gasteiger partial charge is 0.383 e. The number of hydrogen-bond donors (Lipinski definition) is 1. The fourth-order valence-corrected chi connectivity index (χ4v) is 3.90. The van der Waals surface area contributed by atoms with Crippen molar-refractivity contribution >= 4 is 5.91 Å². The smallest absolute Gasteiger partial charge is 0.280 e. The number of nitrogens with zero attached hydrogens (tertiary/aromatic N) is 3. The summed E-state index contributed by atoms with van der Waals surface area (Å²) < 4.78 is 7.38. The fourth-order valence-electron chi connectivity index (χ4n) is 3.90. The van der Waals surface area contributed by atoms with Crippen LogP contribution < -0.4 is 5.56 Å². The summed E-state index contributed by atoms with van der Waals surface area (Å²) in [5, 5.41) is 2.34. The summed E-state index contributed by atoms with van der Waals surface area (Å²) in [5.74, 6) is 1.62. The molecule has 4 rings (SSSR count). The van der Waals surface area contributed by atoms with E-state index in [0.29, 0.717) is 18.1 Å². The maximum Gasteiger partial charge on any atom is 0.280 e. The van der Waals surface area contributed by atoms with Crippen molar-refractivity contribution in [2.75, 3.05) is 13.1 Å². The number of likely N-dealkylation sites (tertiary alicyclic amines) is 1. The summed E-state index contributed by atoms with van der Waals surface area (Å²) in [6.07, 6.45) is 8.09. The van der Waals surface area contributed by atoms with Crippen LogP contribution >= 0.6 is 0 Å². The molecule has 128 valence electrons. The Hall–Kier alpha value is -2.31. The Bertz CT molecular complexity index is 767. The van der Waals surface area contributed by atoms with Gasteiger partial charge in [-0.2, -0.15) is 5.16 Å². The zero-order valence-corrected chi connectivity index (χ0v) is 13.6. The van der Waals surface area contributed by atoms with Crippen LogP contribution in [0, 0.1) is 5.92 Å². The van der Waals surface area contributed by atoms with Gasteiger partial charge in [-0.15, -0.1) is 0 Å². The summed E-state index contributed by atoms with van der Waals surface area (Å²) in [4.78, 5) is 29.9. The molecule has 1 N–H and O–H groups in total. The number of carbonyl (C=O) groups excluding carboxylic acids is 1. The van der Waals surface area contributed by atoms with E-state index in [1.54, 1.807) is 0 Å². The Morgan fingerprint density at radius 1 is 1.29 bits per heavy atom. The van der Waals surface area contributed by atoms with E-state index < -0.39 is 0 Å². The van der Waals surface area contributed by atoms with E-state index >= 15 is 0 Å². The van der Waals surface area contributed by atoms with Crippen LogP contribution in [-0.2, 0) is 17.8 Å². The molecule has 0 aromatic carbocycles.